The van der Waals surface area contributed by atoms with Gasteiger partial charge in [-0.1, -0.05) is 0 Å². The largest absolute Gasteiger partial charge is 0.491 e. The molecule has 0 radical (unpaired) electrons. The summed E-state index contributed by atoms with van der Waals surface area (Å²) < 4.78 is 5.61. The fraction of sp³-hybridized carbons (Fsp3) is 0.435. The van der Waals surface area contributed by atoms with Crippen LogP contribution in [0.15, 0.2) is 48.5 Å². The molecule has 2 N–H and O–H groups in total. The minimum atomic E-state index is -0.00466. The van der Waals surface area contributed by atoms with E-state index in [-0.39, 0.29) is 12.0 Å². The molecule has 1 amide bonds. The molecule has 0 spiro atoms. The Labute approximate surface area is 168 Å². The van der Waals surface area contributed by atoms with Crippen molar-refractivity contribution in [2.24, 2.45) is 0 Å². The second-order valence-electron chi connectivity index (χ2n) is 7.51. The molecule has 2 aromatic carbocycles. The molecule has 0 saturated carbocycles. The van der Waals surface area contributed by atoms with Crippen LogP contribution < -0.4 is 20.3 Å². The molecule has 0 aliphatic carbocycles. The minimum absolute atomic E-state index is 0.00466. The van der Waals surface area contributed by atoms with Gasteiger partial charge in [-0.3, -0.25) is 4.79 Å². The van der Waals surface area contributed by atoms with E-state index in [1.54, 1.807) is 0 Å². The average Bonchev–Trinajstić information content (AvgIpc) is 2.70. The fourth-order valence-corrected chi connectivity index (χ4v) is 3.38. The van der Waals surface area contributed by atoms with E-state index in [1.807, 2.05) is 38.1 Å². The van der Waals surface area contributed by atoms with Crippen molar-refractivity contribution in [1.82, 2.24) is 0 Å². The molecule has 3 rings (SSSR count). The molecule has 1 saturated heterocycles. The Balaban J connectivity index is 1.40. The molecule has 28 heavy (non-hydrogen) atoms. The van der Waals surface area contributed by atoms with E-state index < -0.39 is 0 Å². The van der Waals surface area contributed by atoms with Crippen molar-refractivity contribution in [3.63, 3.8) is 0 Å². The van der Waals surface area contributed by atoms with Crippen LogP contribution in [0.2, 0.25) is 0 Å². The lowest BCUT2D eigenvalue weighted by Crippen LogP contribution is -2.29. The van der Waals surface area contributed by atoms with Crippen molar-refractivity contribution in [1.29, 1.82) is 0 Å². The maximum atomic E-state index is 12.1. The van der Waals surface area contributed by atoms with Crippen molar-refractivity contribution in [3.8, 4) is 5.75 Å². The molecule has 0 unspecified atom stereocenters. The van der Waals surface area contributed by atoms with Crippen molar-refractivity contribution in [2.45, 2.75) is 45.6 Å². The Kier molecular flexibility index (Phi) is 7.18. The zero-order valence-corrected chi connectivity index (χ0v) is 16.9. The quantitative estimate of drug-likeness (QED) is 0.682. The van der Waals surface area contributed by atoms with E-state index in [9.17, 15) is 4.79 Å². The standard InChI is InChI=1S/C23H31N3O2/c1-18(2)28-22-12-8-20(9-13-22)25-23(27)14-15-24-19-6-10-21(11-7-19)26-16-4-3-5-17-26/h6-13,18,24H,3-5,14-17H2,1-2H3,(H,25,27). The van der Waals surface area contributed by atoms with Gasteiger partial charge in [-0.2, -0.15) is 0 Å². The van der Waals surface area contributed by atoms with E-state index in [4.69, 9.17) is 4.74 Å². The summed E-state index contributed by atoms with van der Waals surface area (Å²) in [6, 6.07) is 16.0. The van der Waals surface area contributed by atoms with Crippen LogP contribution in [0.1, 0.15) is 39.5 Å². The third-order valence-electron chi connectivity index (χ3n) is 4.78. The molecule has 1 aliphatic heterocycles. The Morgan fingerprint density at radius 3 is 2.25 bits per heavy atom. The number of benzene rings is 2. The molecule has 5 nitrogen and oxygen atoms in total. The molecule has 0 bridgehead atoms. The number of amides is 1. The molecule has 1 fully saturated rings. The summed E-state index contributed by atoms with van der Waals surface area (Å²) in [7, 11) is 0. The van der Waals surface area contributed by atoms with Gasteiger partial charge in [0.05, 0.1) is 6.10 Å². The molecule has 5 heteroatoms. The second kappa shape index (κ2) is 10.0. The third-order valence-corrected chi connectivity index (χ3v) is 4.78. The molecule has 150 valence electrons. The number of nitrogens with one attached hydrogen (secondary N) is 2. The van der Waals surface area contributed by atoms with Gasteiger partial charge in [-0.15, -0.1) is 0 Å². The van der Waals surface area contributed by atoms with Crippen LogP contribution >= 0.6 is 0 Å². The summed E-state index contributed by atoms with van der Waals surface area (Å²) in [5.74, 6) is 0.803. The lowest BCUT2D eigenvalue weighted by molar-refractivity contribution is -0.115. The number of anilines is 3. The Morgan fingerprint density at radius 1 is 0.964 bits per heavy atom. The maximum absolute atomic E-state index is 12.1. The summed E-state index contributed by atoms with van der Waals surface area (Å²) in [6.45, 7) is 6.88. The van der Waals surface area contributed by atoms with Gasteiger partial charge in [0, 0.05) is 43.1 Å². The first kappa shape index (κ1) is 20.1. The summed E-state index contributed by atoms with van der Waals surface area (Å²) in [4.78, 5) is 14.6. The van der Waals surface area contributed by atoms with E-state index in [2.05, 4.69) is 39.8 Å². The number of piperidine rings is 1. The molecule has 1 aliphatic rings. The van der Waals surface area contributed by atoms with E-state index in [1.165, 1.54) is 24.9 Å². The first-order valence-electron chi connectivity index (χ1n) is 10.3. The second-order valence-corrected chi connectivity index (χ2v) is 7.51. The van der Waals surface area contributed by atoms with Crippen LogP contribution in [0.4, 0.5) is 17.1 Å². The van der Waals surface area contributed by atoms with Crippen LogP contribution in [0, 0.1) is 0 Å². The Hall–Kier alpha value is -2.69. The molecular formula is C23H31N3O2. The highest BCUT2D eigenvalue weighted by Crippen LogP contribution is 2.22. The number of ether oxygens (including phenoxy) is 1. The predicted molar refractivity (Wildman–Crippen MR) is 116 cm³/mol. The predicted octanol–water partition coefficient (Wildman–Crippen LogP) is 4.90. The fourth-order valence-electron chi connectivity index (χ4n) is 3.38. The SMILES string of the molecule is CC(C)Oc1ccc(NC(=O)CCNc2ccc(N3CCCCC3)cc2)cc1. The number of carbonyl (C=O) groups excluding carboxylic acids is 1. The highest BCUT2D eigenvalue weighted by Gasteiger charge is 2.10. The van der Waals surface area contributed by atoms with E-state index in [0.29, 0.717) is 13.0 Å². The average molecular weight is 382 g/mol. The van der Waals surface area contributed by atoms with Crippen LogP contribution in [0.5, 0.6) is 5.75 Å². The normalized spacial score (nSPS) is 14.0. The highest BCUT2D eigenvalue weighted by molar-refractivity contribution is 5.91. The number of nitrogens with zero attached hydrogens (tertiary/aromatic N) is 1. The van der Waals surface area contributed by atoms with Gasteiger partial charge in [-0.05, 0) is 81.6 Å². The van der Waals surface area contributed by atoms with Gasteiger partial charge < -0.3 is 20.3 Å². The summed E-state index contributed by atoms with van der Waals surface area (Å²) in [5, 5.41) is 6.24. The number of carbonyl (C=O) groups is 1. The zero-order valence-electron chi connectivity index (χ0n) is 16.9. The Morgan fingerprint density at radius 2 is 1.61 bits per heavy atom. The summed E-state index contributed by atoms with van der Waals surface area (Å²) >= 11 is 0. The zero-order chi connectivity index (χ0) is 19.8. The van der Waals surface area contributed by atoms with Crippen LogP contribution in [0.3, 0.4) is 0 Å². The number of hydrogen-bond acceptors (Lipinski definition) is 4. The lowest BCUT2D eigenvalue weighted by Gasteiger charge is -2.28. The van der Waals surface area contributed by atoms with Gasteiger partial charge in [0.15, 0.2) is 0 Å². The minimum Gasteiger partial charge on any atom is -0.491 e. The number of hydrogen-bond donors (Lipinski definition) is 2. The lowest BCUT2D eigenvalue weighted by atomic mass is 10.1. The van der Waals surface area contributed by atoms with Crippen molar-refractivity contribution in [3.05, 3.63) is 48.5 Å². The van der Waals surface area contributed by atoms with Crippen LogP contribution in [0.25, 0.3) is 0 Å². The van der Waals surface area contributed by atoms with Gasteiger partial charge in [0.25, 0.3) is 0 Å². The summed E-state index contributed by atoms with van der Waals surface area (Å²) in [5.41, 5.74) is 3.11. The third kappa shape index (κ3) is 6.19. The topological polar surface area (TPSA) is 53.6 Å². The first-order valence-corrected chi connectivity index (χ1v) is 10.3. The summed E-state index contributed by atoms with van der Waals surface area (Å²) in [6.07, 6.45) is 4.46. The smallest absolute Gasteiger partial charge is 0.226 e. The van der Waals surface area contributed by atoms with Crippen LogP contribution in [-0.2, 0) is 4.79 Å². The monoisotopic (exact) mass is 381 g/mol. The van der Waals surface area contributed by atoms with Crippen LogP contribution in [-0.4, -0.2) is 31.6 Å². The molecule has 0 aromatic heterocycles. The van der Waals surface area contributed by atoms with E-state index in [0.717, 1.165) is 30.2 Å². The highest BCUT2D eigenvalue weighted by atomic mass is 16.5. The van der Waals surface area contributed by atoms with Gasteiger partial charge in [0.1, 0.15) is 5.75 Å². The Bertz CT molecular complexity index is 735. The van der Waals surface area contributed by atoms with Gasteiger partial charge in [0.2, 0.25) is 5.91 Å². The van der Waals surface area contributed by atoms with E-state index >= 15 is 0 Å². The molecule has 2 aromatic rings. The maximum Gasteiger partial charge on any atom is 0.226 e. The van der Waals surface area contributed by atoms with Gasteiger partial charge in [-0.25, -0.2) is 0 Å². The first-order chi connectivity index (χ1) is 13.6. The number of rotatable bonds is 8. The van der Waals surface area contributed by atoms with Crippen molar-refractivity contribution < 1.29 is 9.53 Å². The molecule has 1 heterocycles. The van der Waals surface area contributed by atoms with Crippen molar-refractivity contribution >= 4 is 23.0 Å². The molecule has 0 atom stereocenters. The van der Waals surface area contributed by atoms with Gasteiger partial charge >= 0.3 is 0 Å². The molecular weight excluding hydrogens is 350 g/mol. The van der Waals surface area contributed by atoms with Crippen molar-refractivity contribution in [2.75, 3.05) is 35.2 Å².